The summed E-state index contributed by atoms with van der Waals surface area (Å²) in [6.07, 6.45) is 1.13. The maximum atomic E-state index is 4.49. The average Bonchev–Trinajstić information content (AvgIpc) is 2.42. The van der Waals surface area contributed by atoms with Gasteiger partial charge in [0.25, 0.3) is 0 Å². The summed E-state index contributed by atoms with van der Waals surface area (Å²) in [4.78, 5) is 8.95. The van der Waals surface area contributed by atoms with Crippen LogP contribution in [0.2, 0.25) is 0 Å². The lowest BCUT2D eigenvalue weighted by Crippen LogP contribution is -2.08. The van der Waals surface area contributed by atoms with Crippen LogP contribution in [0.25, 0.3) is 0 Å². The van der Waals surface area contributed by atoms with Crippen LogP contribution in [0.4, 0.5) is 17.3 Å². The van der Waals surface area contributed by atoms with E-state index < -0.39 is 0 Å². The van der Waals surface area contributed by atoms with E-state index in [2.05, 4.69) is 66.5 Å². The van der Waals surface area contributed by atoms with Gasteiger partial charge in [-0.15, -0.1) is 0 Å². The van der Waals surface area contributed by atoms with E-state index in [1.54, 1.807) is 0 Å². The highest BCUT2D eigenvalue weighted by molar-refractivity contribution is 5.65. The first-order chi connectivity index (χ1) is 10.5. The minimum atomic E-state index is 0.683. The lowest BCUT2D eigenvalue weighted by molar-refractivity contribution is 0.606. The fourth-order valence-electron chi connectivity index (χ4n) is 2.35. The molecule has 4 nitrogen and oxygen atoms in total. The first-order valence-electron chi connectivity index (χ1n) is 7.88. The molecule has 118 valence electrons. The number of nitrogens with one attached hydrogen (secondary N) is 2. The van der Waals surface area contributed by atoms with Crippen molar-refractivity contribution in [2.45, 2.75) is 41.0 Å². The molecule has 2 rings (SSSR count). The van der Waals surface area contributed by atoms with E-state index in [9.17, 15) is 0 Å². The highest BCUT2D eigenvalue weighted by atomic mass is 15.1. The van der Waals surface area contributed by atoms with Gasteiger partial charge in [0.05, 0.1) is 0 Å². The predicted octanol–water partition coefficient (Wildman–Crippen LogP) is 4.60. The third kappa shape index (κ3) is 4.45. The van der Waals surface area contributed by atoms with Crippen LogP contribution in [-0.2, 0) is 0 Å². The smallest absolute Gasteiger partial charge is 0.136 e. The van der Waals surface area contributed by atoms with Gasteiger partial charge < -0.3 is 10.6 Å². The minimum Gasteiger partial charge on any atom is -0.370 e. The van der Waals surface area contributed by atoms with Crippen LogP contribution in [0.3, 0.4) is 0 Å². The van der Waals surface area contributed by atoms with Gasteiger partial charge in [0.1, 0.15) is 17.5 Å². The lowest BCUT2D eigenvalue weighted by atomic mass is 10.1. The summed E-state index contributed by atoms with van der Waals surface area (Å²) < 4.78 is 0. The Labute approximate surface area is 133 Å². The zero-order valence-electron chi connectivity index (χ0n) is 14.2. The summed E-state index contributed by atoms with van der Waals surface area (Å²) in [5.41, 5.74) is 3.55. The Morgan fingerprint density at radius 2 is 1.64 bits per heavy atom. The van der Waals surface area contributed by atoms with E-state index in [4.69, 9.17) is 0 Å². The van der Waals surface area contributed by atoms with Crippen molar-refractivity contribution in [2.75, 3.05) is 17.2 Å². The highest BCUT2D eigenvalue weighted by Gasteiger charge is 2.06. The molecule has 0 unspecified atom stereocenters. The summed E-state index contributed by atoms with van der Waals surface area (Å²) in [6.45, 7) is 11.5. The minimum absolute atomic E-state index is 0.683. The molecule has 0 aliphatic heterocycles. The van der Waals surface area contributed by atoms with Crippen LogP contribution in [0, 0.1) is 26.7 Å². The molecule has 22 heavy (non-hydrogen) atoms. The quantitative estimate of drug-likeness (QED) is 0.818. The lowest BCUT2D eigenvalue weighted by Gasteiger charge is -2.14. The molecule has 0 saturated heterocycles. The molecule has 0 atom stereocenters. The van der Waals surface area contributed by atoms with E-state index in [1.165, 1.54) is 11.1 Å². The SMILES string of the molecule is Cc1nc(NCCC(C)C)cc(Nc2c(C)cccc2C)n1. The van der Waals surface area contributed by atoms with Crippen molar-refractivity contribution in [3.05, 3.63) is 41.2 Å². The largest absolute Gasteiger partial charge is 0.370 e. The summed E-state index contributed by atoms with van der Waals surface area (Å²) in [5.74, 6) is 3.16. The molecule has 2 N–H and O–H groups in total. The third-order valence-corrected chi connectivity index (χ3v) is 3.60. The van der Waals surface area contributed by atoms with Crippen molar-refractivity contribution in [1.29, 1.82) is 0 Å². The summed E-state index contributed by atoms with van der Waals surface area (Å²) >= 11 is 0. The number of nitrogens with zero attached hydrogens (tertiary/aromatic N) is 2. The molecule has 4 heteroatoms. The molecule has 1 heterocycles. The van der Waals surface area contributed by atoms with Crippen LogP contribution in [-0.4, -0.2) is 16.5 Å². The van der Waals surface area contributed by atoms with E-state index in [0.29, 0.717) is 5.92 Å². The molecule has 1 aromatic heterocycles. The molecular weight excluding hydrogens is 272 g/mol. The Morgan fingerprint density at radius 3 is 2.27 bits per heavy atom. The second-order valence-corrected chi connectivity index (χ2v) is 6.19. The van der Waals surface area contributed by atoms with Gasteiger partial charge in [-0.25, -0.2) is 9.97 Å². The van der Waals surface area contributed by atoms with Crippen molar-refractivity contribution in [1.82, 2.24) is 9.97 Å². The molecule has 0 radical (unpaired) electrons. The number of benzene rings is 1. The van der Waals surface area contributed by atoms with Crippen LogP contribution >= 0.6 is 0 Å². The third-order valence-electron chi connectivity index (χ3n) is 3.60. The Balaban J connectivity index is 2.16. The maximum absolute atomic E-state index is 4.49. The topological polar surface area (TPSA) is 49.8 Å². The second kappa shape index (κ2) is 7.25. The molecule has 2 aromatic rings. The Morgan fingerprint density at radius 1 is 1.00 bits per heavy atom. The van der Waals surface area contributed by atoms with Gasteiger partial charge in [0, 0.05) is 18.3 Å². The fourth-order valence-corrected chi connectivity index (χ4v) is 2.35. The first kappa shape index (κ1) is 16.3. The number of aryl methyl sites for hydroxylation is 3. The van der Waals surface area contributed by atoms with Gasteiger partial charge in [-0.2, -0.15) is 0 Å². The zero-order chi connectivity index (χ0) is 16.1. The number of hydrogen-bond acceptors (Lipinski definition) is 4. The molecule has 0 spiro atoms. The van der Waals surface area contributed by atoms with Crippen LogP contribution in [0.15, 0.2) is 24.3 Å². The van der Waals surface area contributed by atoms with E-state index >= 15 is 0 Å². The Kier molecular flexibility index (Phi) is 5.36. The summed E-state index contributed by atoms with van der Waals surface area (Å²) in [7, 11) is 0. The molecule has 0 aliphatic carbocycles. The Bertz CT molecular complexity index is 615. The van der Waals surface area contributed by atoms with E-state index in [1.807, 2.05) is 13.0 Å². The van der Waals surface area contributed by atoms with Gasteiger partial charge in [-0.1, -0.05) is 32.0 Å². The van der Waals surface area contributed by atoms with Crippen LogP contribution in [0.5, 0.6) is 0 Å². The number of anilines is 3. The average molecular weight is 298 g/mol. The van der Waals surface area contributed by atoms with Crippen molar-refractivity contribution >= 4 is 17.3 Å². The number of para-hydroxylation sites is 1. The van der Waals surface area contributed by atoms with Crippen molar-refractivity contribution < 1.29 is 0 Å². The number of hydrogen-bond donors (Lipinski definition) is 2. The molecule has 0 bridgehead atoms. The van der Waals surface area contributed by atoms with Crippen molar-refractivity contribution in [3.8, 4) is 0 Å². The second-order valence-electron chi connectivity index (χ2n) is 6.19. The molecule has 0 amide bonds. The van der Waals surface area contributed by atoms with Gasteiger partial charge >= 0.3 is 0 Å². The van der Waals surface area contributed by atoms with Gasteiger partial charge in [-0.05, 0) is 44.2 Å². The highest BCUT2D eigenvalue weighted by Crippen LogP contribution is 2.24. The first-order valence-corrected chi connectivity index (χ1v) is 7.88. The maximum Gasteiger partial charge on any atom is 0.136 e. The summed E-state index contributed by atoms with van der Waals surface area (Å²) in [6, 6.07) is 8.25. The van der Waals surface area contributed by atoms with Crippen LogP contribution < -0.4 is 10.6 Å². The normalized spacial score (nSPS) is 10.8. The van der Waals surface area contributed by atoms with Crippen LogP contribution in [0.1, 0.15) is 37.2 Å². The van der Waals surface area contributed by atoms with Crippen molar-refractivity contribution in [2.24, 2.45) is 5.92 Å². The van der Waals surface area contributed by atoms with Gasteiger partial charge in [0.2, 0.25) is 0 Å². The van der Waals surface area contributed by atoms with Gasteiger partial charge in [0.15, 0.2) is 0 Å². The van der Waals surface area contributed by atoms with Gasteiger partial charge in [-0.3, -0.25) is 0 Å². The number of rotatable bonds is 6. The zero-order valence-corrected chi connectivity index (χ0v) is 14.2. The molecule has 0 saturated carbocycles. The number of aromatic nitrogens is 2. The fraction of sp³-hybridized carbons (Fsp3) is 0.444. The Hall–Kier alpha value is -2.10. The molecule has 0 aliphatic rings. The monoisotopic (exact) mass is 298 g/mol. The molecule has 0 fully saturated rings. The predicted molar refractivity (Wildman–Crippen MR) is 93.9 cm³/mol. The van der Waals surface area contributed by atoms with Crippen molar-refractivity contribution in [3.63, 3.8) is 0 Å². The molecule has 1 aromatic carbocycles. The van der Waals surface area contributed by atoms with E-state index in [0.717, 1.165) is 36.1 Å². The summed E-state index contributed by atoms with van der Waals surface area (Å²) in [5, 5.41) is 6.81. The standard InChI is InChI=1S/C18H26N4/c1-12(2)9-10-19-16-11-17(21-15(5)20-16)22-18-13(3)7-6-8-14(18)4/h6-8,11-12H,9-10H2,1-5H3,(H2,19,20,21,22). The molecular formula is C18H26N4. The van der Waals surface area contributed by atoms with E-state index in [-0.39, 0.29) is 0 Å².